The molecule has 0 radical (unpaired) electrons. The molecule has 1 aromatic rings. The van der Waals surface area contributed by atoms with Crippen LogP contribution in [0.3, 0.4) is 0 Å². The molecular weight excluding hydrogens is 318 g/mol. The summed E-state index contributed by atoms with van der Waals surface area (Å²) < 4.78 is 27.3. The molecular formula is C12H18BrNO3S. The van der Waals surface area contributed by atoms with Crippen LogP contribution in [0.5, 0.6) is 0 Å². The second kappa shape index (κ2) is 6.65. The Hall–Kier alpha value is -0.430. The summed E-state index contributed by atoms with van der Waals surface area (Å²) in [4.78, 5) is 0.237. The van der Waals surface area contributed by atoms with Gasteiger partial charge in [-0.3, -0.25) is 0 Å². The lowest BCUT2D eigenvalue weighted by atomic mass is 10.2. The fourth-order valence-electron chi connectivity index (χ4n) is 1.58. The van der Waals surface area contributed by atoms with Crippen LogP contribution in [0.25, 0.3) is 0 Å². The summed E-state index contributed by atoms with van der Waals surface area (Å²) in [6, 6.07) is 5.09. The van der Waals surface area contributed by atoms with Crippen molar-refractivity contribution in [3.8, 4) is 0 Å². The van der Waals surface area contributed by atoms with Crippen LogP contribution in [-0.2, 0) is 10.0 Å². The Kier molecular flexibility index (Phi) is 5.78. The highest BCUT2D eigenvalue weighted by molar-refractivity contribution is 9.10. The van der Waals surface area contributed by atoms with Crippen LogP contribution in [0.4, 0.5) is 0 Å². The van der Waals surface area contributed by atoms with E-state index in [1.54, 1.807) is 25.1 Å². The number of hydrogen-bond donors (Lipinski definition) is 2. The van der Waals surface area contributed by atoms with E-state index in [0.717, 1.165) is 6.42 Å². The summed E-state index contributed by atoms with van der Waals surface area (Å²) in [5, 5.41) is 9.55. The second-order valence-electron chi connectivity index (χ2n) is 4.20. The number of halogens is 1. The molecule has 0 saturated carbocycles. The maximum Gasteiger partial charge on any atom is 0.240 e. The lowest BCUT2D eigenvalue weighted by Crippen LogP contribution is -2.32. The monoisotopic (exact) mass is 335 g/mol. The van der Waals surface area contributed by atoms with Crippen molar-refractivity contribution in [2.75, 3.05) is 6.54 Å². The van der Waals surface area contributed by atoms with E-state index >= 15 is 0 Å². The van der Waals surface area contributed by atoms with E-state index in [1.807, 2.05) is 6.92 Å². The van der Waals surface area contributed by atoms with Crippen molar-refractivity contribution in [1.29, 1.82) is 0 Å². The standard InChI is InChI=1S/C12H18BrNO3S/c1-3-4-11(15)8-14-18(16,17)12-7-10(13)6-5-9(12)2/h5-7,11,14-15H,3-4,8H2,1-2H3. The van der Waals surface area contributed by atoms with Gasteiger partial charge in [0.15, 0.2) is 0 Å². The molecule has 0 aromatic heterocycles. The number of aryl methyl sites for hydroxylation is 1. The second-order valence-corrected chi connectivity index (χ2v) is 6.86. The molecule has 0 saturated heterocycles. The van der Waals surface area contributed by atoms with Crippen LogP contribution in [0.15, 0.2) is 27.6 Å². The van der Waals surface area contributed by atoms with Crippen molar-refractivity contribution in [2.45, 2.75) is 37.7 Å². The molecule has 4 nitrogen and oxygen atoms in total. The van der Waals surface area contributed by atoms with E-state index in [-0.39, 0.29) is 11.4 Å². The van der Waals surface area contributed by atoms with Gasteiger partial charge in [-0.25, -0.2) is 13.1 Å². The molecule has 0 heterocycles. The van der Waals surface area contributed by atoms with Gasteiger partial charge in [-0.05, 0) is 31.0 Å². The van der Waals surface area contributed by atoms with E-state index in [0.29, 0.717) is 16.5 Å². The predicted molar refractivity (Wildman–Crippen MR) is 75.0 cm³/mol. The molecule has 2 N–H and O–H groups in total. The average Bonchev–Trinajstić information content (AvgIpc) is 2.30. The Morgan fingerprint density at radius 1 is 1.44 bits per heavy atom. The fraction of sp³-hybridized carbons (Fsp3) is 0.500. The molecule has 0 spiro atoms. The first-order valence-electron chi connectivity index (χ1n) is 5.80. The topological polar surface area (TPSA) is 66.4 Å². The van der Waals surface area contributed by atoms with Crippen LogP contribution in [-0.4, -0.2) is 26.2 Å². The quantitative estimate of drug-likeness (QED) is 0.837. The largest absolute Gasteiger partial charge is 0.392 e. The van der Waals surface area contributed by atoms with Gasteiger partial charge in [0.25, 0.3) is 0 Å². The number of sulfonamides is 1. The molecule has 1 aromatic carbocycles. The van der Waals surface area contributed by atoms with Crippen LogP contribution in [0.1, 0.15) is 25.3 Å². The van der Waals surface area contributed by atoms with E-state index in [2.05, 4.69) is 20.7 Å². The molecule has 6 heteroatoms. The highest BCUT2D eigenvalue weighted by atomic mass is 79.9. The minimum atomic E-state index is -3.57. The molecule has 0 aliphatic heterocycles. The molecule has 0 aliphatic rings. The first kappa shape index (κ1) is 15.6. The first-order valence-corrected chi connectivity index (χ1v) is 8.08. The number of nitrogens with one attached hydrogen (secondary N) is 1. The normalized spacial score (nSPS) is 13.6. The summed E-state index contributed by atoms with van der Waals surface area (Å²) in [5.74, 6) is 0. The third-order valence-corrected chi connectivity index (χ3v) is 4.63. The Balaban J connectivity index is 2.83. The summed E-state index contributed by atoms with van der Waals surface area (Å²) >= 11 is 3.25. The Morgan fingerprint density at radius 2 is 2.11 bits per heavy atom. The summed E-state index contributed by atoms with van der Waals surface area (Å²) in [6.07, 6.45) is 0.760. The van der Waals surface area contributed by atoms with Gasteiger partial charge < -0.3 is 5.11 Å². The van der Waals surface area contributed by atoms with Gasteiger partial charge >= 0.3 is 0 Å². The van der Waals surface area contributed by atoms with E-state index in [9.17, 15) is 13.5 Å². The number of hydrogen-bond acceptors (Lipinski definition) is 3. The molecule has 0 amide bonds. The fourth-order valence-corrected chi connectivity index (χ4v) is 3.44. The molecule has 0 fully saturated rings. The van der Waals surface area contributed by atoms with E-state index < -0.39 is 16.1 Å². The SMILES string of the molecule is CCCC(O)CNS(=O)(=O)c1cc(Br)ccc1C. The summed E-state index contributed by atoms with van der Waals surface area (Å²) in [6.45, 7) is 3.72. The van der Waals surface area contributed by atoms with Gasteiger partial charge in [-0.1, -0.05) is 35.3 Å². The van der Waals surface area contributed by atoms with Crippen molar-refractivity contribution >= 4 is 26.0 Å². The van der Waals surface area contributed by atoms with Gasteiger partial charge in [0.2, 0.25) is 10.0 Å². The van der Waals surface area contributed by atoms with Crippen molar-refractivity contribution in [1.82, 2.24) is 4.72 Å². The third kappa shape index (κ3) is 4.35. The van der Waals surface area contributed by atoms with Crippen molar-refractivity contribution in [3.63, 3.8) is 0 Å². The van der Waals surface area contributed by atoms with Gasteiger partial charge in [0.05, 0.1) is 11.0 Å². The average molecular weight is 336 g/mol. The molecule has 0 aliphatic carbocycles. The van der Waals surface area contributed by atoms with Gasteiger partial charge in [-0.2, -0.15) is 0 Å². The highest BCUT2D eigenvalue weighted by Crippen LogP contribution is 2.20. The summed E-state index contributed by atoms with van der Waals surface area (Å²) in [7, 11) is -3.57. The minimum absolute atomic E-state index is 0.0438. The van der Waals surface area contributed by atoms with Crippen molar-refractivity contribution < 1.29 is 13.5 Å². The maximum atomic E-state index is 12.1. The maximum absolute atomic E-state index is 12.1. The molecule has 102 valence electrons. The van der Waals surface area contributed by atoms with Crippen molar-refractivity contribution in [3.05, 3.63) is 28.2 Å². The third-order valence-electron chi connectivity index (χ3n) is 2.57. The van der Waals surface area contributed by atoms with E-state index in [4.69, 9.17) is 0 Å². The van der Waals surface area contributed by atoms with Gasteiger partial charge in [-0.15, -0.1) is 0 Å². The van der Waals surface area contributed by atoms with Gasteiger partial charge in [0, 0.05) is 11.0 Å². The van der Waals surface area contributed by atoms with Gasteiger partial charge in [0.1, 0.15) is 0 Å². The Bertz CT molecular complexity index is 502. The summed E-state index contributed by atoms with van der Waals surface area (Å²) in [5.41, 5.74) is 0.677. The van der Waals surface area contributed by atoms with Crippen LogP contribution in [0.2, 0.25) is 0 Å². The zero-order valence-electron chi connectivity index (χ0n) is 10.5. The van der Waals surface area contributed by atoms with Crippen molar-refractivity contribution in [2.24, 2.45) is 0 Å². The molecule has 1 unspecified atom stereocenters. The Morgan fingerprint density at radius 3 is 2.72 bits per heavy atom. The van der Waals surface area contributed by atoms with Crippen LogP contribution in [0, 0.1) is 6.92 Å². The smallest absolute Gasteiger partial charge is 0.240 e. The number of aliphatic hydroxyl groups is 1. The van der Waals surface area contributed by atoms with Crippen LogP contribution >= 0.6 is 15.9 Å². The van der Waals surface area contributed by atoms with Crippen LogP contribution < -0.4 is 4.72 Å². The Labute approximate surface area is 117 Å². The minimum Gasteiger partial charge on any atom is -0.392 e. The molecule has 0 bridgehead atoms. The molecule has 1 atom stereocenters. The first-order chi connectivity index (χ1) is 8.36. The molecule has 18 heavy (non-hydrogen) atoms. The zero-order chi connectivity index (χ0) is 13.8. The number of rotatable bonds is 6. The lowest BCUT2D eigenvalue weighted by Gasteiger charge is -2.13. The predicted octanol–water partition coefficient (Wildman–Crippen LogP) is 2.20. The zero-order valence-corrected chi connectivity index (χ0v) is 12.9. The van der Waals surface area contributed by atoms with E-state index in [1.165, 1.54) is 0 Å². The number of benzene rings is 1. The lowest BCUT2D eigenvalue weighted by molar-refractivity contribution is 0.167. The number of aliphatic hydroxyl groups excluding tert-OH is 1. The molecule has 1 rings (SSSR count). The highest BCUT2D eigenvalue weighted by Gasteiger charge is 2.18.